The molecule has 218 valence electrons. The predicted octanol–water partition coefficient (Wildman–Crippen LogP) is 6.01. The second kappa shape index (κ2) is 10.7. The number of thiophene rings is 1. The molecular formula is C32H35N5O4S. The third kappa shape index (κ3) is 4.88. The van der Waals surface area contributed by atoms with Crippen LogP contribution in [-0.2, 0) is 24.9 Å². The smallest absolute Gasteiger partial charge is 0.310 e. The summed E-state index contributed by atoms with van der Waals surface area (Å²) in [6, 6.07) is 13.8. The Labute approximate surface area is 248 Å². The lowest BCUT2D eigenvalue weighted by Gasteiger charge is -2.33. The Morgan fingerprint density at radius 3 is 2.79 bits per heavy atom. The Morgan fingerprint density at radius 1 is 1.21 bits per heavy atom. The van der Waals surface area contributed by atoms with E-state index in [1.54, 1.807) is 42.0 Å². The van der Waals surface area contributed by atoms with Crippen molar-refractivity contribution in [3.63, 3.8) is 0 Å². The number of aromatic nitrogens is 4. The maximum atomic E-state index is 12.8. The lowest BCUT2D eigenvalue weighted by atomic mass is 9.69. The zero-order valence-corrected chi connectivity index (χ0v) is 25.3. The van der Waals surface area contributed by atoms with Crippen LogP contribution in [0.4, 0.5) is 0 Å². The minimum atomic E-state index is -1.11. The number of pyridine rings is 1. The number of carboxylic acid groups (broad SMARTS) is 1. The van der Waals surface area contributed by atoms with Crippen LogP contribution in [0, 0.1) is 12.3 Å². The molecule has 3 aromatic heterocycles. The predicted molar refractivity (Wildman–Crippen MR) is 163 cm³/mol. The van der Waals surface area contributed by atoms with Gasteiger partial charge in [0.2, 0.25) is 5.88 Å². The summed E-state index contributed by atoms with van der Waals surface area (Å²) in [6.45, 7) is 9.57. The van der Waals surface area contributed by atoms with Gasteiger partial charge >= 0.3 is 5.97 Å². The molecule has 2 N–H and O–H groups in total. The number of fused-ring (bicyclic) bond motifs is 3. The van der Waals surface area contributed by atoms with E-state index in [9.17, 15) is 15.0 Å². The molecule has 5 aromatic rings. The topological polar surface area (TPSA) is 114 Å². The monoisotopic (exact) mass is 585 g/mol. The summed E-state index contributed by atoms with van der Waals surface area (Å²) < 4.78 is 9.16. The number of carboxylic acids is 1. The average Bonchev–Trinajstić information content (AvgIpc) is 3.53. The molecule has 0 fully saturated rings. The Bertz CT molecular complexity index is 1810. The summed E-state index contributed by atoms with van der Waals surface area (Å²) in [7, 11) is 1.86. The molecule has 10 heteroatoms. The van der Waals surface area contributed by atoms with E-state index in [0.29, 0.717) is 31.1 Å². The zero-order chi connectivity index (χ0) is 29.8. The third-order valence-electron chi connectivity index (χ3n) is 8.54. The van der Waals surface area contributed by atoms with Gasteiger partial charge in [0.05, 0.1) is 10.9 Å². The fraction of sp³-hybridized carbons (Fsp3) is 0.375. The summed E-state index contributed by atoms with van der Waals surface area (Å²) in [5, 5.41) is 32.3. The number of aliphatic carboxylic acids is 1. The Hall–Kier alpha value is -4.02. The lowest BCUT2D eigenvalue weighted by molar-refractivity contribution is -0.147. The number of benzene rings is 2. The lowest BCUT2D eigenvalue weighted by Crippen LogP contribution is -2.33. The van der Waals surface area contributed by atoms with E-state index in [1.165, 1.54) is 4.70 Å². The standard InChI is InChI=1S/C32H35N5O4S/c1-6-22-16-37(17-24-26(41-22)9-10-27(38)33-24)15-21-14-20(13-19-11-12-42-30(19)21)28(32(3,4)31(39)40)23-7-8-25-29(18(23)2)34-35-36(25)5/h7-14,22,28H,6,15-17H2,1-5H3,(H,33,38)(H,39,40)/t22-,28+/m1/s1. The molecule has 0 unspecified atom stereocenters. The minimum Gasteiger partial charge on any atom is -0.493 e. The highest BCUT2D eigenvalue weighted by Gasteiger charge is 2.40. The molecule has 0 bridgehead atoms. The van der Waals surface area contributed by atoms with Gasteiger partial charge in [-0.3, -0.25) is 9.69 Å². The molecular weight excluding hydrogens is 550 g/mol. The van der Waals surface area contributed by atoms with Crippen LogP contribution in [0.5, 0.6) is 11.6 Å². The van der Waals surface area contributed by atoms with Crippen molar-refractivity contribution in [3.05, 3.63) is 75.8 Å². The normalized spacial score (nSPS) is 16.7. The quantitative estimate of drug-likeness (QED) is 0.239. The first-order valence-electron chi connectivity index (χ1n) is 14.2. The van der Waals surface area contributed by atoms with Gasteiger partial charge in [0.1, 0.15) is 23.1 Å². The molecule has 0 radical (unpaired) electrons. The first kappa shape index (κ1) is 28.1. The van der Waals surface area contributed by atoms with E-state index in [0.717, 1.165) is 45.1 Å². The zero-order valence-electron chi connectivity index (χ0n) is 24.5. The number of hydrogen-bond acceptors (Lipinski definition) is 8. The Morgan fingerprint density at radius 2 is 2.02 bits per heavy atom. The molecule has 0 amide bonds. The summed E-state index contributed by atoms with van der Waals surface area (Å²) in [4.78, 5) is 19.5. The van der Waals surface area contributed by atoms with E-state index in [-0.39, 0.29) is 12.0 Å². The number of nitrogens with zero attached hydrogens (tertiary/aromatic N) is 5. The van der Waals surface area contributed by atoms with E-state index >= 15 is 0 Å². The molecule has 0 aliphatic carbocycles. The van der Waals surface area contributed by atoms with E-state index in [1.807, 2.05) is 26.1 Å². The van der Waals surface area contributed by atoms with Crippen molar-refractivity contribution in [1.82, 2.24) is 24.9 Å². The van der Waals surface area contributed by atoms with Gasteiger partial charge in [-0.1, -0.05) is 24.3 Å². The van der Waals surface area contributed by atoms with Crippen LogP contribution in [0.2, 0.25) is 0 Å². The Balaban J connectivity index is 1.47. The number of aromatic hydroxyl groups is 1. The van der Waals surface area contributed by atoms with Crippen molar-refractivity contribution in [2.24, 2.45) is 12.5 Å². The van der Waals surface area contributed by atoms with Gasteiger partial charge in [0, 0.05) is 43.4 Å². The molecule has 1 aliphatic heterocycles. The first-order chi connectivity index (χ1) is 20.1. The highest BCUT2D eigenvalue weighted by atomic mass is 32.1. The van der Waals surface area contributed by atoms with Gasteiger partial charge in [-0.2, -0.15) is 0 Å². The van der Waals surface area contributed by atoms with E-state index < -0.39 is 17.3 Å². The number of hydrogen-bond donors (Lipinski definition) is 2. The van der Waals surface area contributed by atoms with Crippen molar-refractivity contribution >= 4 is 38.4 Å². The van der Waals surface area contributed by atoms with Crippen LogP contribution in [0.3, 0.4) is 0 Å². The van der Waals surface area contributed by atoms with E-state index in [2.05, 4.69) is 50.7 Å². The molecule has 4 heterocycles. The molecule has 2 atom stereocenters. The van der Waals surface area contributed by atoms with Crippen molar-refractivity contribution < 1.29 is 19.7 Å². The van der Waals surface area contributed by atoms with Gasteiger partial charge in [0.15, 0.2) is 0 Å². The minimum absolute atomic E-state index is 0.0142. The average molecular weight is 586 g/mol. The Kier molecular flexibility index (Phi) is 7.14. The largest absolute Gasteiger partial charge is 0.493 e. The summed E-state index contributed by atoms with van der Waals surface area (Å²) in [5.74, 6) is -0.616. The number of carbonyl (C=O) groups is 1. The maximum absolute atomic E-state index is 12.8. The van der Waals surface area contributed by atoms with Crippen molar-refractivity contribution in [2.75, 3.05) is 6.54 Å². The molecule has 0 saturated carbocycles. The number of ether oxygens (including phenoxy) is 1. The first-order valence-corrected chi connectivity index (χ1v) is 15.0. The second-order valence-corrected chi connectivity index (χ2v) is 12.7. The molecule has 42 heavy (non-hydrogen) atoms. The molecule has 9 nitrogen and oxygen atoms in total. The van der Waals surface area contributed by atoms with Crippen LogP contribution >= 0.6 is 11.3 Å². The van der Waals surface area contributed by atoms with Crippen molar-refractivity contribution in [2.45, 2.75) is 59.2 Å². The number of rotatable bonds is 7. The third-order valence-corrected chi connectivity index (χ3v) is 9.55. The van der Waals surface area contributed by atoms with Crippen LogP contribution in [-0.4, -0.2) is 53.7 Å². The highest BCUT2D eigenvalue weighted by Crippen LogP contribution is 2.45. The molecule has 6 rings (SSSR count). The second-order valence-electron chi connectivity index (χ2n) is 11.8. The fourth-order valence-corrected chi connectivity index (χ4v) is 7.08. The van der Waals surface area contributed by atoms with Crippen LogP contribution in [0.1, 0.15) is 61.1 Å². The van der Waals surface area contributed by atoms with Crippen molar-refractivity contribution in [1.29, 1.82) is 0 Å². The molecule has 2 aromatic carbocycles. The molecule has 1 aliphatic rings. The van der Waals surface area contributed by atoms with Gasteiger partial charge in [-0.05, 0) is 84.5 Å². The fourth-order valence-electron chi connectivity index (χ4n) is 6.19. The molecule has 0 saturated heterocycles. The van der Waals surface area contributed by atoms with Gasteiger partial charge in [-0.15, -0.1) is 16.4 Å². The van der Waals surface area contributed by atoms with Crippen LogP contribution < -0.4 is 4.74 Å². The van der Waals surface area contributed by atoms with E-state index in [4.69, 9.17) is 4.74 Å². The number of aryl methyl sites for hydroxylation is 2. The SMILES string of the molecule is CC[C@@H]1CN(Cc2cc([C@@H](c3ccc4c(nnn4C)c3C)C(C)(C)C(=O)O)cc3ccsc23)Cc2nc(O)ccc2O1. The maximum Gasteiger partial charge on any atom is 0.310 e. The van der Waals surface area contributed by atoms with Crippen LogP contribution in [0.25, 0.3) is 21.1 Å². The van der Waals surface area contributed by atoms with Gasteiger partial charge in [0.25, 0.3) is 0 Å². The summed E-state index contributed by atoms with van der Waals surface area (Å²) >= 11 is 1.69. The van der Waals surface area contributed by atoms with Gasteiger partial charge in [-0.25, -0.2) is 9.67 Å². The van der Waals surface area contributed by atoms with Crippen molar-refractivity contribution in [3.8, 4) is 11.6 Å². The van der Waals surface area contributed by atoms with Crippen LogP contribution in [0.15, 0.2) is 47.8 Å². The summed E-state index contributed by atoms with van der Waals surface area (Å²) in [5.41, 5.74) is 5.23. The summed E-state index contributed by atoms with van der Waals surface area (Å²) in [6.07, 6.45) is 0.823. The van der Waals surface area contributed by atoms with Gasteiger partial charge < -0.3 is 14.9 Å². The molecule has 0 spiro atoms. The highest BCUT2D eigenvalue weighted by molar-refractivity contribution is 7.17.